The minimum absolute atomic E-state index is 0.0911. The second-order valence-electron chi connectivity index (χ2n) is 3.68. The topological polar surface area (TPSA) is 89.6 Å². The Labute approximate surface area is 112 Å². The van der Waals surface area contributed by atoms with Gasteiger partial charge in [-0.3, -0.25) is 0 Å². The van der Waals surface area contributed by atoms with Gasteiger partial charge in [0.15, 0.2) is 0 Å². The number of carboxylic acids is 1. The predicted octanol–water partition coefficient (Wildman–Crippen LogP) is 2.14. The maximum Gasteiger partial charge on any atom is 0.341 e. The van der Waals surface area contributed by atoms with E-state index in [1.54, 1.807) is 13.8 Å². The summed E-state index contributed by atoms with van der Waals surface area (Å²) < 4.78 is 5.61. The summed E-state index contributed by atoms with van der Waals surface area (Å²) in [5, 5.41) is 9.03. The number of carbonyl (C=O) groups is 2. The molecule has 1 rings (SSSR count). The third-order valence-corrected chi connectivity index (χ3v) is 2.53. The van der Waals surface area contributed by atoms with Crippen LogP contribution in [0.25, 0.3) is 0 Å². The molecule has 0 aliphatic rings. The van der Waals surface area contributed by atoms with E-state index in [-0.39, 0.29) is 22.9 Å². The first kappa shape index (κ1) is 13.8. The largest absolute Gasteiger partial charge is 0.478 e. The van der Waals surface area contributed by atoms with Crippen molar-refractivity contribution < 1.29 is 19.4 Å². The summed E-state index contributed by atoms with van der Waals surface area (Å²) >= 11 is 1.93. The predicted molar refractivity (Wildman–Crippen MR) is 71.1 cm³/mol. The van der Waals surface area contributed by atoms with E-state index in [1.807, 2.05) is 22.6 Å². The van der Waals surface area contributed by atoms with Crippen molar-refractivity contribution in [2.45, 2.75) is 20.0 Å². The molecule has 0 aliphatic heterocycles. The molecule has 0 aromatic heterocycles. The molecular formula is C11H12INO4. The molecule has 6 heteroatoms. The van der Waals surface area contributed by atoms with Gasteiger partial charge in [0.05, 0.1) is 17.2 Å². The van der Waals surface area contributed by atoms with Gasteiger partial charge >= 0.3 is 11.9 Å². The molecule has 17 heavy (non-hydrogen) atoms. The highest BCUT2D eigenvalue weighted by Gasteiger charge is 2.22. The third kappa shape index (κ3) is 3.32. The van der Waals surface area contributed by atoms with E-state index in [0.29, 0.717) is 3.57 Å². The summed E-state index contributed by atoms with van der Waals surface area (Å²) in [6.45, 7) is 3.36. The lowest BCUT2D eigenvalue weighted by Crippen LogP contribution is -2.18. The Morgan fingerprint density at radius 2 is 2.00 bits per heavy atom. The van der Waals surface area contributed by atoms with Crippen molar-refractivity contribution >= 4 is 40.2 Å². The Morgan fingerprint density at radius 1 is 1.41 bits per heavy atom. The van der Waals surface area contributed by atoms with Crippen LogP contribution >= 0.6 is 22.6 Å². The molecule has 0 amide bonds. The van der Waals surface area contributed by atoms with E-state index in [1.165, 1.54) is 12.1 Å². The second kappa shape index (κ2) is 5.35. The molecule has 0 saturated carbocycles. The molecule has 1 aromatic carbocycles. The van der Waals surface area contributed by atoms with Gasteiger partial charge < -0.3 is 15.6 Å². The maximum absolute atomic E-state index is 11.7. The summed E-state index contributed by atoms with van der Waals surface area (Å²) in [5.74, 6) is -1.92. The molecule has 3 N–H and O–H groups in total. The number of halogens is 1. The Balaban J connectivity index is 3.30. The van der Waals surface area contributed by atoms with Crippen molar-refractivity contribution in [2.24, 2.45) is 0 Å². The van der Waals surface area contributed by atoms with Crippen LogP contribution in [-0.4, -0.2) is 23.1 Å². The molecule has 0 heterocycles. The first-order valence-corrected chi connectivity index (χ1v) is 5.94. The van der Waals surface area contributed by atoms with Crippen LogP contribution in [0.1, 0.15) is 34.6 Å². The quantitative estimate of drug-likeness (QED) is 0.496. The molecule has 5 nitrogen and oxygen atoms in total. The number of rotatable bonds is 3. The molecule has 0 spiro atoms. The highest BCUT2D eigenvalue weighted by Crippen LogP contribution is 2.22. The summed E-state index contributed by atoms with van der Waals surface area (Å²) in [6.07, 6.45) is -0.331. The molecule has 0 radical (unpaired) electrons. The zero-order chi connectivity index (χ0) is 13.2. The number of benzene rings is 1. The van der Waals surface area contributed by atoms with Crippen molar-refractivity contribution in [3.63, 3.8) is 0 Å². The fourth-order valence-corrected chi connectivity index (χ4v) is 1.94. The monoisotopic (exact) mass is 349 g/mol. The fourth-order valence-electron chi connectivity index (χ4n) is 1.30. The summed E-state index contributed by atoms with van der Waals surface area (Å²) in [7, 11) is 0. The average molecular weight is 349 g/mol. The van der Waals surface area contributed by atoms with E-state index in [9.17, 15) is 9.59 Å². The smallest absolute Gasteiger partial charge is 0.341 e. The molecule has 0 fully saturated rings. The fraction of sp³-hybridized carbons (Fsp3) is 0.273. The van der Waals surface area contributed by atoms with Crippen LogP contribution in [0.4, 0.5) is 5.69 Å². The van der Waals surface area contributed by atoms with Gasteiger partial charge in [0.25, 0.3) is 0 Å². The molecule has 0 unspecified atom stereocenters. The van der Waals surface area contributed by atoms with E-state index in [4.69, 9.17) is 15.6 Å². The van der Waals surface area contributed by atoms with Crippen LogP contribution in [0, 0.1) is 3.57 Å². The number of hydrogen-bond donors (Lipinski definition) is 2. The number of anilines is 1. The van der Waals surface area contributed by atoms with Gasteiger partial charge in [0, 0.05) is 9.26 Å². The number of nitrogen functional groups attached to an aromatic ring is 1. The first-order valence-electron chi connectivity index (χ1n) is 4.86. The van der Waals surface area contributed by atoms with Crippen LogP contribution in [0.15, 0.2) is 12.1 Å². The van der Waals surface area contributed by atoms with Gasteiger partial charge in [-0.25, -0.2) is 9.59 Å². The Morgan fingerprint density at radius 3 is 2.47 bits per heavy atom. The number of carboxylic acid groups (broad SMARTS) is 1. The number of carbonyl (C=O) groups excluding carboxylic acids is 1. The number of aromatic carboxylic acids is 1. The van der Waals surface area contributed by atoms with Gasteiger partial charge in [-0.05, 0) is 48.6 Å². The van der Waals surface area contributed by atoms with Crippen molar-refractivity contribution in [3.05, 3.63) is 26.8 Å². The number of esters is 1. The lowest BCUT2D eigenvalue weighted by Gasteiger charge is -2.12. The van der Waals surface area contributed by atoms with Gasteiger partial charge in [-0.1, -0.05) is 0 Å². The normalized spacial score (nSPS) is 10.4. The minimum Gasteiger partial charge on any atom is -0.478 e. The number of nitrogens with two attached hydrogens (primary N) is 1. The van der Waals surface area contributed by atoms with Crippen molar-refractivity contribution in [2.75, 3.05) is 5.73 Å². The van der Waals surface area contributed by atoms with Crippen LogP contribution < -0.4 is 5.73 Å². The molecule has 0 bridgehead atoms. The Hall–Kier alpha value is -1.31. The van der Waals surface area contributed by atoms with Crippen LogP contribution in [0.2, 0.25) is 0 Å². The standard InChI is InChI=1S/C11H12INO4/c1-5(2)17-11(16)9-7(10(14)15)3-6(12)4-8(9)13/h3-5H,13H2,1-2H3,(H,14,15). The first-order chi connectivity index (χ1) is 7.82. The molecule has 0 saturated heterocycles. The molecule has 1 aromatic rings. The van der Waals surface area contributed by atoms with Crippen molar-refractivity contribution in [1.82, 2.24) is 0 Å². The van der Waals surface area contributed by atoms with Crippen LogP contribution in [0.5, 0.6) is 0 Å². The van der Waals surface area contributed by atoms with E-state index in [2.05, 4.69) is 0 Å². The van der Waals surface area contributed by atoms with E-state index in [0.717, 1.165) is 0 Å². The Kier molecular flexibility index (Phi) is 4.33. The molecule has 0 aliphatic carbocycles. The van der Waals surface area contributed by atoms with Gasteiger partial charge in [-0.15, -0.1) is 0 Å². The zero-order valence-corrected chi connectivity index (χ0v) is 11.5. The van der Waals surface area contributed by atoms with Crippen LogP contribution in [0.3, 0.4) is 0 Å². The van der Waals surface area contributed by atoms with Gasteiger partial charge in [-0.2, -0.15) is 0 Å². The van der Waals surface area contributed by atoms with Gasteiger partial charge in [0.1, 0.15) is 0 Å². The second-order valence-corrected chi connectivity index (χ2v) is 4.92. The maximum atomic E-state index is 11.7. The van der Waals surface area contributed by atoms with Crippen LogP contribution in [-0.2, 0) is 4.74 Å². The minimum atomic E-state index is -1.20. The lowest BCUT2D eigenvalue weighted by molar-refractivity contribution is 0.0372. The summed E-state index contributed by atoms with van der Waals surface area (Å²) in [5.41, 5.74) is 5.55. The van der Waals surface area contributed by atoms with Crippen molar-refractivity contribution in [1.29, 1.82) is 0 Å². The lowest BCUT2D eigenvalue weighted by atomic mass is 10.1. The van der Waals surface area contributed by atoms with Gasteiger partial charge in [0.2, 0.25) is 0 Å². The Bertz CT molecular complexity index is 471. The van der Waals surface area contributed by atoms with E-state index < -0.39 is 11.9 Å². The summed E-state index contributed by atoms with van der Waals surface area (Å²) in [4.78, 5) is 22.8. The van der Waals surface area contributed by atoms with Crippen molar-refractivity contribution in [3.8, 4) is 0 Å². The zero-order valence-electron chi connectivity index (χ0n) is 9.36. The van der Waals surface area contributed by atoms with E-state index >= 15 is 0 Å². The molecule has 92 valence electrons. The highest BCUT2D eigenvalue weighted by atomic mass is 127. The number of hydrogen-bond acceptors (Lipinski definition) is 4. The average Bonchev–Trinajstić information content (AvgIpc) is 2.14. The summed E-state index contributed by atoms with van der Waals surface area (Å²) in [6, 6.07) is 2.92. The third-order valence-electron chi connectivity index (χ3n) is 1.91. The number of ether oxygens (including phenoxy) is 1. The SMILES string of the molecule is CC(C)OC(=O)c1c(N)cc(I)cc1C(=O)O. The molecule has 0 atom stereocenters. The highest BCUT2D eigenvalue weighted by molar-refractivity contribution is 14.1. The molecular weight excluding hydrogens is 337 g/mol.